The standard InChI is InChI=1S/C18H22N2O2/c1-12(17-9-13-5-6-15(17)7-13)20-18(21)11-22-16-4-2-3-14(8-16)10-19/h2-4,8,12-13,15,17H,5-7,9,11H2,1H3,(H,20,21)/t12-,13-,15-,17-/m0/s1. The van der Waals surface area contributed by atoms with E-state index in [-0.39, 0.29) is 18.6 Å². The number of ether oxygens (including phenoxy) is 1. The molecule has 3 rings (SSSR count). The molecule has 4 heteroatoms. The molecular weight excluding hydrogens is 276 g/mol. The van der Waals surface area contributed by atoms with Crippen LogP contribution in [0.5, 0.6) is 5.75 Å². The van der Waals surface area contributed by atoms with Gasteiger partial charge in [0.1, 0.15) is 5.75 Å². The highest BCUT2D eigenvalue weighted by Crippen LogP contribution is 2.49. The average Bonchev–Trinajstić information content (AvgIpc) is 3.16. The molecule has 116 valence electrons. The van der Waals surface area contributed by atoms with Crippen LogP contribution in [0.25, 0.3) is 0 Å². The average molecular weight is 298 g/mol. The number of nitrogens with one attached hydrogen (secondary N) is 1. The molecule has 1 amide bonds. The predicted molar refractivity (Wildman–Crippen MR) is 83.2 cm³/mol. The maximum atomic E-state index is 12.0. The van der Waals surface area contributed by atoms with Crippen molar-refractivity contribution in [2.75, 3.05) is 6.61 Å². The fourth-order valence-corrected chi connectivity index (χ4v) is 4.11. The molecule has 0 aromatic heterocycles. The smallest absolute Gasteiger partial charge is 0.258 e. The summed E-state index contributed by atoms with van der Waals surface area (Å²) in [7, 11) is 0. The molecule has 0 heterocycles. The molecule has 2 aliphatic rings. The van der Waals surface area contributed by atoms with E-state index in [2.05, 4.69) is 18.3 Å². The van der Waals surface area contributed by atoms with Crippen molar-refractivity contribution in [1.82, 2.24) is 5.32 Å². The van der Waals surface area contributed by atoms with E-state index in [1.165, 1.54) is 25.7 Å². The highest BCUT2D eigenvalue weighted by atomic mass is 16.5. The SMILES string of the molecule is C[C@H](NC(=O)COc1cccc(C#N)c1)[C@@H]1C[C@H]2CC[C@H]1C2. The first-order chi connectivity index (χ1) is 10.7. The summed E-state index contributed by atoms with van der Waals surface area (Å²) in [6, 6.07) is 9.15. The Morgan fingerprint density at radius 3 is 3.00 bits per heavy atom. The summed E-state index contributed by atoms with van der Waals surface area (Å²) in [5, 5.41) is 11.9. The Balaban J connectivity index is 1.47. The van der Waals surface area contributed by atoms with Gasteiger partial charge >= 0.3 is 0 Å². The second kappa shape index (κ2) is 6.39. The van der Waals surface area contributed by atoms with Crippen molar-refractivity contribution in [2.24, 2.45) is 17.8 Å². The van der Waals surface area contributed by atoms with Crippen LogP contribution in [0.2, 0.25) is 0 Å². The van der Waals surface area contributed by atoms with E-state index < -0.39 is 0 Å². The van der Waals surface area contributed by atoms with Gasteiger partial charge in [-0.25, -0.2) is 0 Å². The Bertz CT molecular complexity index is 593. The molecule has 1 aromatic rings. The van der Waals surface area contributed by atoms with Crippen LogP contribution in [0.3, 0.4) is 0 Å². The van der Waals surface area contributed by atoms with Crippen LogP contribution in [0.1, 0.15) is 38.2 Å². The fourth-order valence-electron chi connectivity index (χ4n) is 4.11. The zero-order chi connectivity index (χ0) is 15.5. The zero-order valence-corrected chi connectivity index (χ0v) is 12.9. The Labute approximate surface area is 131 Å². The van der Waals surface area contributed by atoms with Crippen LogP contribution >= 0.6 is 0 Å². The lowest BCUT2D eigenvalue weighted by molar-refractivity contribution is -0.124. The van der Waals surface area contributed by atoms with Crippen molar-refractivity contribution < 1.29 is 9.53 Å². The summed E-state index contributed by atoms with van der Waals surface area (Å²) >= 11 is 0. The van der Waals surface area contributed by atoms with Crippen molar-refractivity contribution >= 4 is 5.91 Å². The first-order valence-electron chi connectivity index (χ1n) is 8.08. The number of amides is 1. The van der Waals surface area contributed by atoms with E-state index in [1.807, 2.05) is 0 Å². The third-order valence-corrected chi connectivity index (χ3v) is 5.16. The summed E-state index contributed by atoms with van der Waals surface area (Å²) in [5.41, 5.74) is 0.535. The van der Waals surface area contributed by atoms with Crippen LogP contribution in [-0.4, -0.2) is 18.6 Å². The van der Waals surface area contributed by atoms with Crippen molar-refractivity contribution in [3.63, 3.8) is 0 Å². The molecule has 0 radical (unpaired) electrons. The number of hydrogen-bond acceptors (Lipinski definition) is 3. The van der Waals surface area contributed by atoms with E-state index in [0.717, 1.165) is 11.8 Å². The van der Waals surface area contributed by atoms with Gasteiger partial charge in [0.25, 0.3) is 5.91 Å². The molecule has 2 saturated carbocycles. The van der Waals surface area contributed by atoms with Crippen molar-refractivity contribution in [3.05, 3.63) is 29.8 Å². The largest absolute Gasteiger partial charge is 0.484 e. The van der Waals surface area contributed by atoms with Crippen LogP contribution < -0.4 is 10.1 Å². The Hall–Kier alpha value is -2.02. The van der Waals surface area contributed by atoms with E-state index in [9.17, 15) is 4.79 Å². The van der Waals surface area contributed by atoms with Gasteiger partial charge < -0.3 is 10.1 Å². The van der Waals surface area contributed by atoms with Gasteiger partial charge in [-0.3, -0.25) is 4.79 Å². The van der Waals surface area contributed by atoms with Gasteiger partial charge in [-0.15, -0.1) is 0 Å². The van der Waals surface area contributed by atoms with Gasteiger partial charge in [0.2, 0.25) is 0 Å². The van der Waals surface area contributed by atoms with E-state index in [4.69, 9.17) is 10.00 Å². The maximum Gasteiger partial charge on any atom is 0.258 e. The van der Waals surface area contributed by atoms with Gasteiger partial charge in [-0.2, -0.15) is 5.26 Å². The number of carbonyl (C=O) groups is 1. The molecule has 1 N–H and O–H groups in total. The summed E-state index contributed by atoms with van der Waals surface area (Å²) in [6.07, 6.45) is 5.31. The predicted octanol–water partition coefficient (Wildman–Crippen LogP) is 2.88. The van der Waals surface area contributed by atoms with Crippen molar-refractivity contribution in [2.45, 2.75) is 38.6 Å². The lowest BCUT2D eigenvalue weighted by atomic mass is 9.84. The first-order valence-corrected chi connectivity index (χ1v) is 8.08. The molecule has 1 aromatic carbocycles. The summed E-state index contributed by atoms with van der Waals surface area (Å²) in [6.45, 7) is 2.11. The second-order valence-electron chi connectivity index (χ2n) is 6.62. The molecule has 4 atom stereocenters. The number of carbonyl (C=O) groups excluding carboxylic acids is 1. The highest BCUT2D eigenvalue weighted by Gasteiger charge is 2.42. The zero-order valence-electron chi connectivity index (χ0n) is 12.9. The Morgan fingerprint density at radius 1 is 1.45 bits per heavy atom. The number of hydrogen-bond donors (Lipinski definition) is 1. The van der Waals surface area contributed by atoms with Gasteiger partial charge in [0, 0.05) is 6.04 Å². The molecule has 2 fully saturated rings. The topological polar surface area (TPSA) is 62.1 Å². The molecular formula is C18H22N2O2. The number of benzene rings is 1. The van der Waals surface area contributed by atoms with Crippen molar-refractivity contribution in [3.8, 4) is 11.8 Å². The monoisotopic (exact) mass is 298 g/mol. The van der Waals surface area contributed by atoms with Gasteiger partial charge in [-0.05, 0) is 62.1 Å². The van der Waals surface area contributed by atoms with Crippen molar-refractivity contribution in [1.29, 1.82) is 5.26 Å². The first kappa shape index (κ1) is 14.9. The third kappa shape index (κ3) is 3.24. The van der Waals surface area contributed by atoms with Crippen LogP contribution in [-0.2, 0) is 4.79 Å². The minimum atomic E-state index is -0.0855. The maximum absolute atomic E-state index is 12.0. The highest BCUT2D eigenvalue weighted by molar-refractivity contribution is 5.77. The molecule has 0 unspecified atom stereocenters. The quantitative estimate of drug-likeness (QED) is 0.909. The van der Waals surface area contributed by atoms with Crippen LogP contribution in [0, 0.1) is 29.1 Å². The van der Waals surface area contributed by atoms with Crippen LogP contribution in [0.15, 0.2) is 24.3 Å². The molecule has 2 bridgehead atoms. The Kier molecular flexibility index (Phi) is 4.33. The normalized spacial score (nSPS) is 27.2. The van der Waals surface area contributed by atoms with Crippen LogP contribution in [0.4, 0.5) is 0 Å². The molecule has 4 nitrogen and oxygen atoms in total. The number of nitrogens with zero attached hydrogens (tertiary/aromatic N) is 1. The van der Waals surface area contributed by atoms with Gasteiger partial charge in [0.15, 0.2) is 6.61 Å². The minimum absolute atomic E-state index is 0.0000368. The summed E-state index contributed by atoms with van der Waals surface area (Å²) < 4.78 is 5.47. The molecule has 22 heavy (non-hydrogen) atoms. The number of rotatable bonds is 5. The summed E-state index contributed by atoms with van der Waals surface area (Å²) in [4.78, 5) is 12.0. The molecule has 0 aliphatic heterocycles. The van der Waals surface area contributed by atoms with Gasteiger partial charge in [-0.1, -0.05) is 12.5 Å². The van der Waals surface area contributed by atoms with E-state index in [1.54, 1.807) is 24.3 Å². The molecule has 0 saturated heterocycles. The third-order valence-electron chi connectivity index (χ3n) is 5.16. The number of nitriles is 1. The summed E-state index contributed by atoms with van der Waals surface area (Å²) in [5.74, 6) is 2.79. The molecule has 0 spiro atoms. The molecule has 2 aliphatic carbocycles. The number of fused-ring (bicyclic) bond motifs is 2. The van der Waals surface area contributed by atoms with E-state index >= 15 is 0 Å². The second-order valence-corrected chi connectivity index (χ2v) is 6.62. The Morgan fingerprint density at radius 2 is 2.32 bits per heavy atom. The lowest BCUT2D eigenvalue weighted by Gasteiger charge is -2.28. The fraction of sp³-hybridized carbons (Fsp3) is 0.556. The van der Waals surface area contributed by atoms with E-state index in [0.29, 0.717) is 17.2 Å². The minimum Gasteiger partial charge on any atom is -0.484 e. The van der Waals surface area contributed by atoms with Gasteiger partial charge in [0.05, 0.1) is 11.6 Å². The lowest BCUT2D eigenvalue weighted by Crippen LogP contribution is -2.42.